The number of amides is 1. The second-order valence-corrected chi connectivity index (χ2v) is 5.16. The Bertz CT molecular complexity index is 725. The predicted octanol–water partition coefficient (Wildman–Crippen LogP) is 3.91. The van der Waals surface area contributed by atoms with Crippen LogP contribution in [0.4, 0.5) is 5.69 Å². The molecule has 2 aromatic rings. The fraction of sp³-hybridized carbons (Fsp3) is 0.125. The number of nitrogens with one attached hydrogen (secondary N) is 1. The first-order chi connectivity index (χ1) is 9.88. The van der Waals surface area contributed by atoms with E-state index in [0.717, 1.165) is 11.1 Å². The Morgan fingerprint density at radius 2 is 1.62 bits per heavy atom. The highest BCUT2D eigenvalue weighted by Gasteiger charge is 2.11. The standard InChI is InChI=1S/C16H14ClNO3/c1-9-3-5-11(7-13(9)17)15(19)18-14-8-12(16(20)21)6-4-10(14)2/h3-8H,1-2H3,(H,18,19)(H,20,21). The van der Waals surface area contributed by atoms with Gasteiger partial charge in [-0.25, -0.2) is 4.79 Å². The van der Waals surface area contributed by atoms with E-state index in [0.29, 0.717) is 16.3 Å². The number of carbonyl (C=O) groups is 2. The number of carboxylic acid groups (broad SMARTS) is 1. The number of hydrogen-bond donors (Lipinski definition) is 2. The summed E-state index contributed by atoms with van der Waals surface area (Å²) in [7, 11) is 0. The van der Waals surface area contributed by atoms with E-state index in [2.05, 4.69) is 5.32 Å². The molecule has 0 saturated carbocycles. The molecule has 21 heavy (non-hydrogen) atoms. The zero-order valence-electron chi connectivity index (χ0n) is 11.6. The Hall–Kier alpha value is -2.33. The molecular formula is C16H14ClNO3. The third-order valence-electron chi connectivity index (χ3n) is 3.17. The van der Waals surface area contributed by atoms with Crippen molar-refractivity contribution in [3.05, 3.63) is 63.7 Å². The van der Waals surface area contributed by atoms with Crippen molar-refractivity contribution in [2.45, 2.75) is 13.8 Å². The summed E-state index contributed by atoms with van der Waals surface area (Å²) < 4.78 is 0. The van der Waals surface area contributed by atoms with Crippen molar-refractivity contribution < 1.29 is 14.7 Å². The number of aromatic carboxylic acids is 1. The fourth-order valence-electron chi connectivity index (χ4n) is 1.82. The van der Waals surface area contributed by atoms with Gasteiger partial charge in [-0.1, -0.05) is 23.7 Å². The smallest absolute Gasteiger partial charge is 0.335 e. The van der Waals surface area contributed by atoms with Gasteiger partial charge in [0.25, 0.3) is 5.91 Å². The number of anilines is 1. The molecule has 0 spiro atoms. The van der Waals surface area contributed by atoms with E-state index >= 15 is 0 Å². The number of carbonyl (C=O) groups excluding carboxylic acids is 1. The van der Waals surface area contributed by atoms with Crippen LogP contribution in [0.1, 0.15) is 31.8 Å². The average molecular weight is 304 g/mol. The van der Waals surface area contributed by atoms with Gasteiger partial charge in [0, 0.05) is 16.3 Å². The molecule has 0 unspecified atom stereocenters. The maximum Gasteiger partial charge on any atom is 0.335 e. The molecule has 5 heteroatoms. The van der Waals surface area contributed by atoms with Crippen LogP contribution in [0.15, 0.2) is 36.4 Å². The Morgan fingerprint density at radius 3 is 2.24 bits per heavy atom. The van der Waals surface area contributed by atoms with Gasteiger partial charge in [-0.15, -0.1) is 0 Å². The summed E-state index contributed by atoms with van der Waals surface area (Å²) in [5.41, 5.74) is 2.68. The van der Waals surface area contributed by atoms with Crippen LogP contribution < -0.4 is 5.32 Å². The van der Waals surface area contributed by atoms with Gasteiger partial charge in [-0.3, -0.25) is 4.79 Å². The Kier molecular flexibility index (Phi) is 4.29. The van der Waals surface area contributed by atoms with Crippen LogP contribution in [0.2, 0.25) is 5.02 Å². The van der Waals surface area contributed by atoms with Crippen LogP contribution in [0.3, 0.4) is 0 Å². The van der Waals surface area contributed by atoms with Gasteiger partial charge in [0.05, 0.1) is 5.56 Å². The van der Waals surface area contributed by atoms with Crippen LogP contribution in [-0.4, -0.2) is 17.0 Å². The van der Waals surface area contributed by atoms with Crippen molar-refractivity contribution in [1.29, 1.82) is 0 Å². The Morgan fingerprint density at radius 1 is 1.00 bits per heavy atom. The first kappa shape index (κ1) is 15.1. The van der Waals surface area contributed by atoms with Crippen molar-refractivity contribution >= 4 is 29.2 Å². The van der Waals surface area contributed by atoms with Gasteiger partial charge >= 0.3 is 5.97 Å². The van der Waals surface area contributed by atoms with Gasteiger partial charge in [0.2, 0.25) is 0 Å². The lowest BCUT2D eigenvalue weighted by molar-refractivity contribution is 0.0696. The summed E-state index contributed by atoms with van der Waals surface area (Å²) in [6.45, 7) is 3.65. The number of halogens is 1. The molecule has 2 rings (SSSR count). The minimum absolute atomic E-state index is 0.123. The van der Waals surface area contributed by atoms with Crippen molar-refractivity contribution in [3.63, 3.8) is 0 Å². The van der Waals surface area contributed by atoms with Crippen LogP contribution in [0.25, 0.3) is 0 Å². The van der Waals surface area contributed by atoms with E-state index in [1.165, 1.54) is 12.1 Å². The molecular weight excluding hydrogens is 290 g/mol. The maximum atomic E-state index is 12.2. The molecule has 1 amide bonds. The second kappa shape index (κ2) is 5.97. The van der Waals surface area contributed by atoms with E-state index in [4.69, 9.17) is 16.7 Å². The summed E-state index contributed by atoms with van der Waals surface area (Å²) >= 11 is 6.00. The molecule has 0 atom stereocenters. The van der Waals surface area contributed by atoms with E-state index < -0.39 is 5.97 Å². The van der Waals surface area contributed by atoms with Crippen molar-refractivity contribution in [2.75, 3.05) is 5.32 Å². The lowest BCUT2D eigenvalue weighted by Gasteiger charge is -2.10. The van der Waals surface area contributed by atoms with Gasteiger partial charge in [-0.05, 0) is 49.2 Å². The van der Waals surface area contributed by atoms with E-state index in [1.807, 2.05) is 6.92 Å². The minimum atomic E-state index is -1.04. The van der Waals surface area contributed by atoms with E-state index in [1.54, 1.807) is 31.2 Å². The van der Waals surface area contributed by atoms with Crippen LogP contribution in [0.5, 0.6) is 0 Å². The molecule has 0 aliphatic heterocycles. The first-order valence-electron chi connectivity index (χ1n) is 6.30. The van der Waals surface area contributed by atoms with E-state index in [9.17, 15) is 9.59 Å². The van der Waals surface area contributed by atoms with Crippen LogP contribution in [0, 0.1) is 13.8 Å². The third-order valence-corrected chi connectivity index (χ3v) is 3.57. The third kappa shape index (κ3) is 3.41. The number of benzene rings is 2. The van der Waals surface area contributed by atoms with Crippen molar-refractivity contribution in [1.82, 2.24) is 0 Å². The molecule has 4 nitrogen and oxygen atoms in total. The largest absolute Gasteiger partial charge is 0.478 e. The molecule has 108 valence electrons. The zero-order valence-corrected chi connectivity index (χ0v) is 12.4. The minimum Gasteiger partial charge on any atom is -0.478 e. The zero-order chi connectivity index (χ0) is 15.6. The molecule has 0 heterocycles. The maximum absolute atomic E-state index is 12.2. The van der Waals surface area contributed by atoms with Crippen LogP contribution in [-0.2, 0) is 0 Å². The lowest BCUT2D eigenvalue weighted by atomic mass is 10.1. The molecule has 0 saturated heterocycles. The molecule has 0 bridgehead atoms. The quantitative estimate of drug-likeness (QED) is 0.903. The van der Waals surface area contributed by atoms with Gasteiger partial charge in [0.15, 0.2) is 0 Å². The summed E-state index contributed by atoms with van der Waals surface area (Å²) in [6.07, 6.45) is 0. The van der Waals surface area contributed by atoms with Crippen molar-refractivity contribution in [3.8, 4) is 0 Å². The highest BCUT2D eigenvalue weighted by atomic mass is 35.5. The summed E-state index contributed by atoms with van der Waals surface area (Å²) in [6, 6.07) is 9.61. The molecule has 2 aromatic carbocycles. The topological polar surface area (TPSA) is 66.4 Å². The highest BCUT2D eigenvalue weighted by Crippen LogP contribution is 2.20. The number of hydrogen-bond acceptors (Lipinski definition) is 2. The highest BCUT2D eigenvalue weighted by molar-refractivity contribution is 6.31. The van der Waals surface area contributed by atoms with E-state index in [-0.39, 0.29) is 11.5 Å². The molecule has 2 N–H and O–H groups in total. The average Bonchev–Trinajstić information content (AvgIpc) is 2.43. The fourth-order valence-corrected chi connectivity index (χ4v) is 2.00. The normalized spacial score (nSPS) is 10.2. The molecule has 0 aliphatic carbocycles. The number of aryl methyl sites for hydroxylation is 2. The van der Waals surface area contributed by atoms with Gasteiger partial charge < -0.3 is 10.4 Å². The van der Waals surface area contributed by atoms with Crippen molar-refractivity contribution in [2.24, 2.45) is 0 Å². The number of rotatable bonds is 3. The Balaban J connectivity index is 2.28. The summed E-state index contributed by atoms with van der Waals surface area (Å²) in [5, 5.41) is 12.2. The monoisotopic (exact) mass is 303 g/mol. The predicted molar refractivity (Wildman–Crippen MR) is 82.3 cm³/mol. The second-order valence-electron chi connectivity index (χ2n) is 4.75. The SMILES string of the molecule is Cc1ccc(C(=O)Nc2cc(C(=O)O)ccc2C)cc1Cl. The summed E-state index contributed by atoms with van der Waals surface area (Å²) in [5.74, 6) is -1.37. The Labute approximate surface area is 127 Å². The van der Waals surface area contributed by atoms with Crippen LogP contribution >= 0.6 is 11.6 Å². The van der Waals surface area contributed by atoms with Gasteiger partial charge in [0.1, 0.15) is 0 Å². The first-order valence-corrected chi connectivity index (χ1v) is 6.67. The lowest BCUT2D eigenvalue weighted by Crippen LogP contribution is -2.13. The molecule has 0 fully saturated rings. The molecule has 0 radical (unpaired) electrons. The molecule has 0 aliphatic rings. The summed E-state index contributed by atoms with van der Waals surface area (Å²) in [4.78, 5) is 23.2. The van der Waals surface area contributed by atoms with Gasteiger partial charge in [-0.2, -0.15) is 0 Å². The number of carboxylic acids is 1. The molecule has 0 aromatic heterocycles.